The summed E-state index contributed by atoms with van der Waals surface area (Å²) in [6, 6.07) is 5.97. The third kappa shape index (κ3) is 2.25. The van der Waals surface area contributed by atoms with Gasteiger partial charge in [0.2, 0.25) is 0 Å². The van der Waals surface area contributed by atoms with E-state index < -0.39 is 0 Å². The van der Waals surface area contributed by atoms with E-state index in [-0.39, 0.29) is 0 Å². The fourth-order valence-corrected chi connectivity index (χ4v) is 2.55. The molecule has 1 N–H and O–H groups in total. The number of hydrogen-bond donors (Lipinski definition) is 1. The number of imidazole rings is 1. The van der Waals surface area contributed by atoms with E-state index in [1.54, 1.807) is 12.5 Å². The highest BCUT2D eigenvalue weighted by Gasteiger charge is 2.08. The van der Waals surface area contributed by atoms with Crippen LogP contribution in [-0.2, 0) is 6.42 Å². The van der Waals surface area contributed by atoms with Crippen LogP contribution in [0.25, 0.3) is 22.3 Å². The molecule has 3 heterocycles. The number of nitrogens with one attached hydrogen (secondary N) is 1. The monoisotopic (exact) mass is 297 g/mol. The zero-order chi connectivity index (χ0) is 14.2. The van der Waals surface area contributed by atoms with Crippen molar-refractivity contribution in [3.63, 3.8) is 0 Å². The van der Waals surface area contributed by atoms with Crippen LogP contribution in [0.2, 0.25) is 0 Å². The van der Waals surface area contributed by atoms with E-state index in [2.05, 4.69) is 24.9 Å². The third-order valence-corrected chi connectivity index (χ3v) is 3.72. The number of oxazole rings is 1. The van der Waals surface area contributed by atoms with Crippen molar-refractivity contribution in [1.82, 2.24) is 24.9 Å². The Morgan fingerprint density at radius 1 is 1.24 bits per heavy atom. The number of fused-ring (bicyclic) bond motifs is 2. The van der Waals surface area contributed by atoms with Crippen molar-refractivity contribution in [2.45, 2.75) is 11.6 Å². The molecule has 0 spiro atoms. The predicted molar refractivity (Wildman–Crippen MR) is 80.3 cm³/mol. The zero-order valence-electron chi connectivity index (χ0n) is 11.2. The third-order valence-electron chi connectivity index (χ3n) is 3.20. The molecule has 4 rings (SSSR count). The Hall–Kier alpha value is -2.41. The highest BCUT2D eigenvalue weighted by Crippen LogP contribution is 2.23. The van der Waals surface area contributed by atoms with E-state index in [9.17, 15) is 0 Å². The molecule has 3 aromatic heterocycles. The first-order valence-electron chi connectivity index (χ1n) is 6.40. The maximum Gasteiger partial charge on any atom is 0.256 e. The quantitative estimate of drug-likeness (QED) is 0.586. The fraction of sp³-hybridized carbons (Fsp3) is 0.143. The second-order valence-electron chi connectivity index (χ2n) is 4.59. The number of thioether (sulfide) groups is 1. The number of H-pyrrole nitrogens is 1. The molecule has 0 bridgehead atoms. The van der Waals surface area contributed by atoms with Gasteiger partial charge in [-0.05, 0) is 24.0 Å². The predicted octanol–water partition coefficient (Wildman–Crippen LogP) is 2.81. The van der Waals surface area contributed by atoms with Crippen molar-refractivity contribution in [3.8, 4) is 0 Å². The normalized spacial score (nSPS) is 11.5. The summed E-state index contributed by atoms with van der Waals surface area (Å²) >= 11 is 1.49. The Kier molecular flexibility index (Phi) is 2.85. The van der Waals surface area contributed by atoms with Crippen LogP contribution in [0.15, 0.2) is 40.4 Å². The number of benzene rings is 1. The Morgan fingerprint density at radius 2 is 2.19 bits per heavy atom. The fourth-order valence-electron chi connectivity index (χ4n) is 2.18. The van der Waals surface area contributed by atoms with Crippen LogP contribution in [0.4, 0.5) is 0 Å². The summed E-state index contributed by atoms with van der Waals surface area (Å²) in [5, 5.41) is 0.677. The average Bonchev–Trinajstić information content (AvgIpc) is 3.11. The minimum absolute atomic E-state index is 0.633. The molecular formula is C14H11N5OS. The van der Waals surface area contributed by atoms with Gasteiger partial charge < -0.3 is 9.40 Å². The van der Waals surface area contributed by atoms with Crippen LogP contribution >= 0.6 is 11.8 Å². The van der Waals surface area contributed by atoms with Crippen molar-refractivity contribution in [2.24, 2.45) is 0 Å². The van der Waals surface area contributed by atoms with Gasteiger partial charge in [-0.15, -0.1) is 0 Å². The van der Waals surface area contributed by atoms with Gasteiger partial charge >= 0.3 is 0 Å². The van der Waals surface area contributed by atoms with Crippen molar-refractivity contribution in [3.05, 3.63) is 42.1 Å². The maximum atomic E-state index is 5.65. The molecule has 0 unspecified atom stereocenters. The van der Waals surface area contributed by atoms with Gasteiger partial charge in [0.1, 0.15) is 16.9 Å². The lowest BCUT2D eigenvalue weighted by Gasteiger charge is -2.00. The highest BCUT2D eigenvalue weighted by molar-refractivity contribution is 7.98. The molecule has 1 aromatic carbocycles. The van der Waals surface area contributed by atoms with Gasteiger partial charge in [-0.3, -0.25) is 0 Å². The summed E-state index contributed by atoms with van der Waals surface area (Å²) in [6.07, 6.45) is 5.95. The van der Waals surface area contributed by atoms with Crippen molar-refractivity contribution in [1.29, 1.82) is 0 Å². The molecule has 0 fully saturated rings. The zero-order valence-corrected chi connectivity index (χ0v) is 12.0. The Labute approximate surface area is 124 Å². The number of rotatable bonds is 3. The van der Waals surface area contributed by atoms with Gasteiger partial charge in [0.25, 0.3) is 5.22 Å². The summed E-state index contributed by atoms with van der Waals surface area (Å²) in [6.45, 7) is 0. The minimum Gasteiger partial charge on any atom is -0.431 e. The van der Waals surface area contributed by atoms with E-state index in [1.807, 2.05) is 24.5 Å². The molecule has 0 aliphatic carbocycles. The van der Waals surface area contributed by atoms with Crippen LogP contribution in [0.5, 0.6) is 0 Å². The summed E-state index contributed by atoms with van der Waals surface area (Å²) in [5.74, 6) is 0.735. The standard InChI is InChI=1S/C14H11N5OS/c1-21-14-18-9-3-2-8(4-11(9)20-14)5-12-15-6-10-13(19-12)17-7-16-10/h2-4,6-7H,5H2,1H3,(H,15,16,17,19). The molecule has 0 radical (unpaired) electrons. The molecule has 104 valence electrons. The second-order valence-corrected chi connectivity index (χ2v) is 5.35. The Bertz CT molecular complexity index is 929. The highest BCUT2D eigenvalue weighted by atomic mass is 32.2. The van der Waals surface area contributed by atoms with E-state index >= 15 is 0 Å². The van der Waals surface area contributed by atoms with E-state index in [0.717, 1.165) is 28.0 Å². The molecule has 0 atom stereocenters. The first-order chi connectivity index (χ1) is 10.3. The summed E-state index contributed by atoms with van der Waals surface area (Å²) in [4.78, 5) is 20.3. The largest absolute Gasteiger partial charge is 0.431 e. The van der Waals surface area contributed by atoms with Gasteiger partial charge in [0.15, 0.2) is 11.2 Å². The minimum atomic E-state index is 0.633. The van der Waals surface area contributed by atoms with E-state index in [1.165, 1.54) is 11.8 Å². The topological polar surface area (TPSA) is 80.5 Å². The molecular weight excluding hydrogens is 286 g/mol. The van der Waals surface area contributed by atoms with Gasteiger partial charge in [-0.2, -0.15) is 0 Å². The van der Waals surface area contributed by atoms with Crippen LogP contribution in [0.3, 0.4) is 0 Å². The Morgan fingerprint density at radius 3 is 3.10 bits per heavy atom. The Balaban J connectivity index is 1.69. The summed E-state index contributed by atoms with van der Waals surface area (Å²) < 4.78 is 5.65. The molecule has 21 heavy (non-hydrogen) atoms. The maximum absolute atomic E-state index is 5.65. The van der Waals surface area contributed by atoms with Gasteiger partial charge in [-0.1, -0.05) is 17.8 Å². The van der Waals surface area contributed by atoms with Crippen LogP contribution in [0.1, 0.15) is 11.4 Å². The summed E-state index contributed by atoms with van der Waals surface area (Å²) in [7, 11) is 0. The van der Waals surface area contributed by atoms with Gasteiger partial charge in [-0.25, -0.2) is 19.9 Å². The van der Waals surface area contributed by atoms with Crippen molar-refractivity contribution in [2.75, 3.05) is 6.26 Å². The number of aromatic nitrogens is 5. The van der Waals surface area contributed by atoms with Crippen LogP contribution in [-0.4, -0.2) is 31.2 Å². The second kappa shape index (κ2) is 4.85. The summed E-state index contributed by atoms with van der Waals surface area (Å²) in [5.41, 5.74) is 4.27. The molecule has 0 amide bonds. The first-order valence-corrected chi connectivity index (χ1v) is 7.63. The van der Waals surface area contributed by atoms with E-state index in [4.69, 9.17) is 4.42 Å². The van der Waals surface area contributed by atoms with E-state index in [0.29, 0.717) is 17.3 Å². The molecule has 0 aliphatic heterocycles. The molecule has 0 saturated heterocycles. The van der Waals surface area contributed by atoms with Gasteiger partial charge in [0.05, 0.1) is 12.5 Å². The molecule has 0 aliphatic rings. The van der Waals surface area contributed by atoms with Crippen LogP contribution < -0.4 is 0 Å². The molecule has 0 saturated carbocycles. The van der Waals surface area contributed by atoms with Gasteiger partial charge in [0, 0.05) is 6.42 Å². The number of aromatic amines is 1. The van der Waals surface area contributed by atoms with Crippen molar-refractivity contribution < 1.29 is 4.42 Å². The lowest BCUT2D eigenvalue weighted by Crippen LogP contribution is -1.96. The first kappa shape index (κ1) is 12.3. The average molecular weight is 297 g/mol. The molecule has 6 nitrogen and oxygen atoms in total. The lowest BCUT2D eigenvalue weighted by atomic mass is 10.1. The number of nitrogens with zero attached hydrogens (tertiary/aromatic N) is 4. The SMILES string of the molecule is CSc1nc2ccc(Cc3ncc4[nH]cnc4n3)cc2o1. The van der Waals surface area contributed by atoms with Crippen molar-refractivity contribution >= 4 is 34.0 Å². The lowest BCUT2D eigenvalue weighted by molar-refractivity contribution is 0.490. The molecule has 7 heteroatoms. The number of hydrogen-bond acceptors (Lipinski definition) is 6. The van der Waals surface area contributed by atoms with Crippen LogP contribution in [0, 0.1) is 0 Å². The molecule has 4 aromatic rings. The smallest absolute Gasteiger partial charge is 0.256 e.